The van der Waals surface area contributed by atoms with E-state index in [1.54, 1.807) is 35.2 Å². The van der Waals surface area contributed by atoms with E-state index in [9.17, 15) is 22.8 Å². The Bertz CT molecular complexity index is 1130. The van der Waals surface area contributed by atoms with Crippen molar-refractivity contribution in [1.29, 1.82) is 0 Å². The van der Waals surface area contributed by atoms with Crippen molar-refractivity contribution in [3.05, 3.63) is 95.3 Å². The monoisotopic (exact) mass is 439 g/mol. The number of hydrogen-bond acceptors (Lipinski definition) is 2. The van der Waals surface area contributed by atoms with Crippen molar-refractivity contribution < 1.29 is 22.8 Å². The molecular formula is C24H20F3N3O2. The quantitative estimate of drug-likeness (QED) is 0.595. The molecule has 1 saturated heterocycles. The van der Waals surface area contributed by atoms with E-state index >= 15 is 0 Å². The number of carbonyl (C=O) groups is 2. The molecule has 164 valence electrons. The van der Waals surface area contributed by atoms with Gasteiger partial charge in [-0.2, -0.15) is 0 Å². The minimum absolute atomic E-state index is 0.0628. The second kappa shape index (κ2) is 9.13. The van der Waals surface area contributed by atoms with Crippen LogP contribution in [0.3, 0.4) is 0 Å². The topological polar surface area (TPSA) is 52.7 Å². The second-order valence-electron chi connectivity index (χ2n) is 7.47. The van der Waals surface area contributed by atoms with Gasteiger partial charge in [0.25, 0.3) is 5.91 Å². The molecule has 32 heavy (non-hydrogen) atoms. The van der Waals surface area contributed by atoms with E-state index in [0.717, 1.165) is 6.07 Å². The van der Waals surface area contributed by atoms with Crippen LogP contribution in [0.5, 0.6) is 0 Å². The molecule has 1 fully saturated rings. The number of nitrogens with zero attached hydrogens (tertiary/aromatic N) is 2. The van der Waals surface area contributed by atoms with Crippen LogP contribution in [0, 0.1) is 17.5 Å². The number of benzene rings is 3. The van der Waals surface area contributed by atoms with Gasteiger partial charge in [-0.1, -0.05) is 12.1 Å². The highest BCUT2D eigenvalue weighted by atomic mass is 19.1. The van der Waals surface area contributed by atoms with Gasteiger partial charge in [-0.15, -0.1) is 0 Å². The zero-order valence-corrected chi connectivity index (χ0v) is 17.0. The fourth-order valence-electron chi connectivity index (χ4n) is 3.66. The van der Waals surface area contributed by atoms with Crippen LogP contribution in [-0.4, -0.2) is 29.9 Å². The number of carbonyl (C=O) groups excluding carboxylic acids is 2. The normalized spacial score (nSPS) is 13.9. The van der Waals surface area contributed by atoms with Gasteiger partial charge in [0.1, 0.15) is 17.5 Å². The first-order valence-corrected chi connectivity index (χ1v) is 10.1. The Labute approximate surface area is 183 Å². The SMILES string of the molecule is O=C(Nc1ccc(N2CCCN(Cc3cc(F)cc(F)c3)C2=O)cc1)c1ccccc1F. The number of amides is 3. The molecule has 4 rings (SSSR count). The summed E-state index contributed by atoms with van der Waals surface area (Å²) in [5.74, 6) is -2.55. The third-order valence-corrected chi connectivity index (χ3v) is 5.16. The first-order valence-electron chi connectivity index (χ1n) is 10.1. The lowest BCUT2D eigenvalue weighted by Gasteiger charge is -2.35. The van der Waals surface area contributed by atoms with Crippen molar-refractivity contribution in [1.82, 2.24) is 4.90 Å². The first-order chi connectivity index (χ1) is 15.4. The Morgan fingerprint density at radius 1 is 0.906 bits per heavy atom. The molecule has 8 heteroatoms. The number of halogens is 3. The number of hydrogen-bond donors (Lipinski definition) is 1. The summed E-state index contributed by atoms with van der Waals surface area (Å²) < 4.78 is 40.7. The van der Waals surface area contributed by atoms with Crippen LogP contribution < -0.4 is 10.2 Å². The van der Waals surface area contributed by atoms with Gasteiger partial charge >= 0.3 is 6.03 Å². The van der Waals surface area contributed by atoms with E-state index in [1.807, 2.05) is 0 Å². The molecule has 0 aromatic heterocycles. The van der Waals surface area contributed by atoms with Crippen LogP contribution >= 0.6 is 0 Å². The number of urea groups is 1. The summed E-state index contributed by atoms with van der Waals surface area (Å²) in [6.45, 7) is 1.07. The van der Waals surface area contributed by atoms with E-state index in [4.69, 9.17) is 0 Å². The molecule has 5 nitrogen and oxygen atoms in total. The smallest absolute Gasteiger partial charge is 0.322 e. The van der Waals surface area contributed by atoms with E-state index in [2.05, 4.69) is 5.32 Å². The fraction of sp³-hybridized carbons (Fsp3) is 0.167. The van der Waals surface area contributed by atoms with E-state index < -0.39 is 23.4 Å². The maximum atomic E-state index is 13.8. The molecule has 3 aromatic carbocycles. The summed E-state index contributed by atoms with van der Waals surface area (Å²) in [6, 6.07) is 15.2. The molecule has 0 aliphatic carbocycles. The van der Waals surface area contributed by atoms with Crippen molar-refractivity contribution in [3.8, 4) is 0 Å². The van der Waals surface area contributed by atoms with Gasteiger partial charge in [0.15, 0.2) is 0 Å². The highest BCUT2D eigenvalue weighted by molar-refractivity contribution is 6.04. The fourth-order valence-corrected chi connectivity index (χ4v) is 3.66. The maximum Gasteiger partial charge on any atom is 0.324 e. The van der Waals surface area contributed by atoms with Gasteiger partial charge in [-0.05, 0) is 60.5 Å². The summed E-state index contributed by atoms with van der Waals surface area (Å²) in [4.78, 5) is 28.3. The molecule has 0 radical (unpaired) electrons. The molecule has 1 aliphatic heterocycles. The lowest BCUT2D eigenvalue weighted by atomic mass is 10.1. The van der Waals surface area contributed by atoms with Gasteiger partial charge in [-0.25, -0.2) is 18.0 Å². The van der Waals surface area contributed by atoms with Crippen LogP contribution in [0.15, 0.2) is 66.7 Å². The molecule has 0 bridgehead atoms. The molecular weight excluding hydrogens is 419 g/mol. The van der Waals surface area contributed by atoms with E-state index in [-0.39, 0.29) is 18.1 Å². The highest BCUT2D eigenvalue weighted by Crippen LogP contribution is 2.24. The molecule has 0 saturated carbocycles. The average molecular weight is 439 g/mol. The van der Waals surface area contributed by atoms with Crippen LogP contribution in [0.25, 0.3) is 0 Å². The van der Waals surface area contributed by atoms with Crippen LogP contribution in [0.2, 0.25) is 0 Å². The Morgan fingerprint density at radius 3 is 2.28 bits per heavy atom. The third kappa shape index (κ3) is 4.74. The standard InChI is InChI=1S/C24H20F3N3O2/c25-17-12-16(13-18(26)14-17)15-29-10-3-11-30(24(29)32)20-8-6-19(7-9-20)28-23(31)21-4-1-2-5-22(21)27/h1-2,4-9,12-14H,3,10-11,15H2,(H,28,31). The van der Waals surface area contributed by atoms with E-state index in [1.165, 1.54) is 35.2 Å². The van der Waals surface area contributed by atoms with Crippen LogP contribution in [0.4, 0.5) is 29.3 Å². The molecule has 1 heterocycles. The minimum Gasteiger partial charge on any atom is -0.322 e. The molecule has 3 aromatic rings. The van der Waals surface area contributed by atoms with E-state index in [0.29, 0.717) is 36.4 Å². The van der Waals surface area contributed by atoms with Gasteiger partial charge in [0.2, 0.25) is 0 Å². The molecule has 1 aliphatic rings. The Kier molecular flexibility index (Phi) is 6.11. The third-order valence-electron chi connectivity index (χ3n) is 5.16. The summed E-state index contributed by atoms with van der Waals surface area (Å²) in [5.41, 5.74) is 1.39. The summed E-state index contributed by atoms with van der Waals surface area (Å²) >= 11 is 0. The Morgan fingerprint density at radius 2 is 1.59 bits per heavy atom. The minimum atomic E-state index is -0.686. The van der Waals surface area contributed by atoms with Gasteiger partial charge in [-0.3, -0.25) is 9.69 Å². The lowest BCUT2D eigenvalue weighted by Crippen LogP contribution is -2.49. The van der Waals surface area contributed by atoms with Crippen LogP contribution in [-0.2, 0) is 6.54 Å². The summed E-state index contributed by atoms with van der Waals surface area (Å²) in [5, 5.41) is 2.63. The van der Waals surface area contributed by atoms with Crippen LogP contribution in [0.1, 0.15) is 22.3 Å². The van der Waals surface area contributed by atoms with Crippen molar-refractivity contribution in [2.24, 2.45) is 0 Å². The summed E-state index contributed by atoms with van der Waals surface area (Å²) in [6.07, 6.45) is 0.690. The maximum absolute atomic E-state index is 13.8. The van der Waals surface area contributed by atoms with Crippen molar-refractivity contribution in [2.45, 2.75) is 13.0 Å². The molecule has 1 N–H and O–H groups in total. The lowest BCUT2D eigenvalue weighted by molar-refractivity contribution is 0.102. The first kappa shape index (κ1) is 21.4. The zero-order chi connectivity index (χ0) is 22.7. The van der Waals surface area contributed by atoms with Crippen molar-refractivity contribution in [3.63, 3.8) is 0 Å². The number of rotatable bonds is 5. The molecule has 3 amide bonds. The largest absolute Gasteiger partial charge is 0.324 e. The van der Waals surface area contributed by atoms with Gasteiger partial charge in [0.05, 0.1) is 5.56 Å². The van der Waals surface area contributed by atoms with Gasteiger partial charge < -0.3 is 10.2 Å². The van der Waals surface area contributed by atoms with Crippen molar-refractivity contribution >= 4 is 23.3 Å². The predicted molar refractivity (Wildman–Crippen MR) is 115 cm³/mol. The van der Waals surface area contributed by atoms with Crippen molar-refractivity contribution in [2.75, 3.05) is 23.3 Å². The average Bonchev–Trinajstić information content (AvgIpc) is 2.75. The molecule has 0 spiro atoms. The molecule has 0 unspecified atom stereocenters. The zero-order valence-electron chi connectivity index (χ0n) is 17.0. The predicted octanol–water partition coefficient (Wildman–Crippen LogP) is 5.19. The second-order valence-corrected chi connectivity index (χ2v) is 7.47. The Balaban J connectivity index is 1.44. The Hall–Kier alpha value is -3.81. The summed E-state index contributed by atoms with van der Waals surface area (Å²) in [7, 11) is 0. The number of anilines is 2. The van der Waals surface area contributed by atoms with Gasteiger partial charge in [0, 0.05) is 37.1 Å². The number of nitrogens with one attached hydrogen (secondary N) is 1. The molecule has 0 atom stereocenters. The highest BCUT2D eigenvalue weighted by Gasteiger charge is 2.27.